The van der Waals surface area contributed by atoms with Gasteiger partial charge in [0.1, 0.15) is 0 Å². The molecule has 0 amide bonds. The lowest BCUT2D eigenvalue weighted by molar-refractivity contribution is -0.00665. The van der Waals surface area contributed by atoms with Crippen molar-refractivity contribution >= 4 is 23.2 Å². The molecular weight excluding hydrogens is 255 g/mol. The molecule has 1 N–H and O–H groups in total. The minimum absolute atomic E-state index is 0.567. The van der Waals surface area contributed by atoms with Crippen molar-refractivity contribution in [2.45, 2.75) is 44.6 Å². The summed E-state index contributed by atoms with van der Waals surface area (Å²) in [4.78, 5) is 0. The lowest BCUT2D eigenvalue weighted by Gasteiger charge is -2.35. The van der Waals surface area contributed by atoms with Gasteiger partial charge < -0.3 is 5.11 Å². The average molecular weight is 273 g/mol. The first-order chi connectivity index (χ1) is 8.00. The topological polar surface area (TPSA) is 20.2 Å². The summed E-state index contributed by atoms with van der Waals surface area (Å²) in [6, 6.07) is 5.61. The minimum Gasteiger partial charge on any atom is -0.390 e. The maximum absolute atomic E-state index is 10.6. The van der Waals surface area contributed by atoms with Gasteiger partial charge in [0.2, 0.25) is 0 Å². The Balaban J connectivity index is 2.12. The van der Waals surface area contributed by atoms with Crippen molar-refractivity contribution in [2.75, 3.05) is 0 Å². The van der Waals surface area contributed by atoms with E-state index >= 15 is 0 Å². The zero-order valence-corrected chi connectivity index (χ0v) is 11.6. The second-order valence-electron chi connectivity index (χ2n) is 5.30. The van der Waals surface area contributed by atoms with Crippen molar-refractivity contribution in [3.05, 3.63) is 33.8 Å². The van der Waals surface area contributed by atoms with Crippen LogP contribution in [0.2, 0.25) is 10.0 Å². The van der Waals surface area contributed by atoms with Gasteiger partial charge in [0, 0.05) is 6.42 Å². The van der Waals surface area contributed by atoms with Crippen LogP contribution in [-0.4, -0.2) is 10.7 Å². The Morgan fingerprint density at radius 2 is 1.94 bits per heavy atom. The summed E-state index contributed by atoms with van der Waals surface area (Å²) < 4.78 is 0. The molecule has 1 aliphatic carbocycles. The molecule has 0 heterocycles. The first-order valence-electron chi connectivity index (χ1n) is 6.15. The van der Waals surface area contributed by atoms with E-state index in [9.17, 15) is 5.11 Å². The summed E-state index contributed by atoms with van der Waals surface area (Å²) in [6.07, 6.45) is 4.51. The second kappa shape index (κ2) is 5.17. The Labute approximate surface area is 113 Å². The zero-order valence-electron chi connectivity index (χ0n) is 10.0. The molecule has 0 spiro atoms. The lowest BCUT2D eigenvalue weighted by Crippen LogP contribution is -2.35. The van der Waals surface area contributed by atoms with Crippen molar-refractivity contribution < 1.29 is 5.11 Å². The number of benzene rings is 1. The Hall–Kier alpha value is -0.240. The van der Waals surface area contributed by atoms with Gasteiger partial charge in [-0.15, -0.1) is 0 Å². The minimum atomic E-state index is -0.596. The summed E-state index contributed by atoms with van der Waals surface area (Å²) in [7, 11) is 0. The van der Waals surface area contributed by atoms with E-state index in [2.05, 4.69) is 6.92 Å². The van der Waals surface area contributed by atoms with Crippen LogP contribution < -0.4 is 0 Å². The van der Waals surface area contributed by atoms with Crippen LogP contribution in [0.1, 0.15) is 38.2 Å². The zero-order chi connectivity index (χ0) is 12.5. The van der Waals surface area contributed by atoms with Crippen LogP contribution in [-0.2, 0) is 6.42 Å². The lowest BCUT2D eigenvalue weighted by atomic mass is 9.76. The predicted octanol–water partition coefficient (Wildman–Crippen LogP) is 4.48. The highest BCUT2D eigenvalue weighted by Gasteiger charge is 2.32. The molecule has 1 nitrogen and oxygen atoms in total. The van der Waals surface area contributed by atoms with Crippen LogP contribution in [0.4, 0.5) is 0 Å². The molecule has 1 aliphatic rings. The van der Waals surface area contributed by atoms with E-state index in [0.717, 1.165) is 37.2 Å². The molecule has 1 aromatic carbocycles. The largest absolute Gasteiger partial charge is 0.390 e. The number of aliphatic hydroxyl groups is 1. The normalized spacial score (nSPS) is 29.3. The molecule has 17 heavy (non-hydrogen) atoms. The average Bonchev–Trinajstić information content (AvgIpc) is 2.30. The van der Waals surface area contributed by atoms with Gasteiger partial charge in [-0.25, -0.2) is 0 Å². The molecule has 0 atom stereocenters. The van der Waals surface area contributed by atoms with E-state index in [-0.39, 0.29) is 0 Å². The van der Waals surface area contributed by atoms with E-state index in [1.54, 1.807) is 6.07 Å². The van der Waals surface area contributed by atoms with Crippen LogP contribution in [0.15, 0.2) is 18.2 Å². The second-order valence-corrected chi connectivity index (χ2v) is 6.08. The third-order valence-electron chi connectivity index (χ3n) is 3.76. The highest BCUT2D eigenvalue weighted by molar-refractivity contribution is 6.42. The quantitative estimate of drug-likeness (QED) is 0.842. The summed E-state index contributed by atoms with van der Waals surface area (Å²) in [6.45, 7) is 2.24. The van der Waals surface area contributed by atoms with E-state index < -0.39 is 5.60 Å². The standard InChI is InChI=1S/C14H18Cl2O/c1-10-5-7-14(17,8-6-10)9-11-3-2-4-12(15)13(11)16/h2-4,10,17H,5-9H2,1H3. The van der Waals surface area contributed by atoms with Crippen molar-refractivity contribution in [3.8, 4) is 0 Å². The molecule has 0 saturated heterocycles. The Morgan fingerprint density at radius 1 is 1.29 bits per heavy atom. The summed E-state index contributed by atoms with van der Waals surface area (Å²) in [5.41, 5.74) is 0.358. The molecule has 1 fully saturated rings. The van der Waals surface area contributed by atoms with Gasteiger partial charge in [-0.2, -0.15) is 0 Å². The third kappa shape index (κ3) is 3.15. The van der Waals surface area contributed by atoms with Crippen molar-refractivity contribution in [1.29, 1.82) is 0 Å². The van der Waals surface area contributed by atoms with Gasteiger partial charge in [-0.1, -0.05) is 42.3 Å². The van der Waals surface area contributed by atoms with E-state index in [0.29, 0.717) is 16.5 Å². The van der Waals surface area contributed by atoms with Gasteiger partial charge >= 0.3 is 0 Å². The van der Waals surface area contributed by atoms with Crippen LogP contribution in [0.25, 0.3) is 0 Å². The number of halogens is 2. The van der Waals surface area contributed by atoms with Crippen molar-refractivity contribution in [1.82, 2.24) is 0 Å². The summed E-state index contributed by atoms with van der Waals surface area (Å²) in [5, 5.41) is 11.7. The maximum Gasteiger partial charge on any atom is 0.0688 e. The fourth-order valence-corrected chi connectivity index (χ4v) is 2.90. The molecule has 1 saturated carbocycles. The monoisotopic (exact) mass is 272 g/mol. The maximum atomic E-state index is 10.6. The van der Waals surface area contributed by atoms with Gasteiger partial charge in [0.15, 0.2) is 0 Å². The van der Waals surface area contributed by atoms with Crippen molar-refractivity contribution in [3.63, 3.8) is 0 Å². The fourth-order valence-electron chi connectivity index (χ4n) is 2.52. The van der Waals surface area contributed by atoms with Gasteiger partial charge in [0.25, 0.3) is 0 Å². The molecular formula is C14H18Cl2O. The molecule has 1 aromatic rings. The number of hydrogen-bond acceptors (Lipinski definition) is 1. The molecule has 0 bridgehead atoms. The molecule has 3 heteroatoms. The van der Waals surface area contributed by atoms with E-state index in [4.69, 9.17) is 23.2 Å². The van der Waals surface area contributed by atoms with Gasteiger partial charge in [-0.3, -0.25) is 0 Å². The fraction of sp³-hybridized carbons (Fsp3) is 0.571. The third-order valence-corrected chi connectivity index (χ3v) is 4.61. The molecule has 2 rings (SSSR count). The van der Waals surface area contributed by atoms with Crippen molar-refractivity contribution in [2.24, 2.45) is 5.92 Å². The molecule has 0 aliphatic heterocycles. The van der Waals surface area contributed by atoms with Gasteiger partial charge in [-0.05, 0) is 43.2 Å². The Kier molecular flexibility index (Phi) is 4.02. The highest BCUT2D eigenvalue weighted by atomic mass is 35.5. The Morgan fingerprint density at radius 3 is 2.59 bits per heavy atom. The highest BCUT2D eigenvalue weighted by Crippen LogP contribution is 2.36. The van der Waals surface area contributed by atoms with Crippen LogP contribution in [0.5, 0.6) is 0 Å². The number of rotatable bonds is 2. The smallest absolute Gasteiger partial charge is 0.0688 e. The number of hydrogen-bond donors (Lipinski definition) is 1. The first kappa shape index (κ1) is 13.2. The predicted molar refractivity (Wildman–Crippen MR) is 72.7 cm³/mol. The van der Waals surface area contributed by atoms with E-state index in [1.807, 2.05) is 12.1 Å². The van der Waals surface area contributed by atoms with E-state index in [1.165, 1.54) is 0 Å². The summed E-state index contributed by atoms with van der Waals surface area (Å²) >= 11 is 12.1. The first-order valence-corrected chi connectivity index (χ1v) is 6.91. The molecule has 0 aromatic heterocycles. The van der Waals surface area contributed by atoms with Crippen LogP contribution in [0.3, 0.4) is 0 Å². The summed E-state index contributed by atoms with van der Waals surface area (Å²) in [5.74, 6) is 0.727. The Bertz CT molecular complexity index is 395. The molecule has 0 unspecified atom stereocenters. The molecule has 94 valence electrons. The SMILES string of the molecule is CC1CCC(O)(Cc2cccc(Cl)c2Cl)CC1. The van der Waals surface area contributed by atoms with Gasteiger partial charge in [0.05, 0.1) is 15.6 Å². The van der Waals surface area contributed by atoms with Crippen LogP contribution in [0, 0.1) is 5.92 Å². The molecule has 0 radical (unpaired) electrons. The van der Waals surface area contributed by atoms with Crippen LogP contribution >= 0.6 is 23.2 Å².